The Balaban J connectivity index is 1.79. The van der Waals surface area contributed by atoms with Crippen LogP contribution in [0.25, 0.3) is 11.0 Å². The van der Waals surface area contributed by atoms with E-state index >= 15 is 0 Å². The molecule has 1 aromatic heterocycles. The number of hydrogen-bond acceptors (Lipinski definition) is 5. The number of rotatable bonds is 9. The van der Waals surface area contributed by atoms with Crippen molar-refractivity contribution in [3.63, 3.8) is 0 Å². The third kappa shape index (κ3) is 5.41. The van der Waals surface area contributed by atoms with Crippen molar-refractivity contribution in [3.8, 4) is 0 Å². The van der Waals surface area contributed by atoms with Gasteiger partial charge in [0.05, 0.1) is 17.5 Å². The average molecular weight is 436 g/mol. The highest BCUT2D eigenvalue weighted by Gasteiger charge is 2.26. The topological polar surface area (TPSA) is 81.5 Å². The zero-order chi connectivity index (χ0) is 23.1. The Morgan fingerprint density at radius 3 is 2.44 bits per heavy atom. The molecule has 0 spiro atoms. The zero-order valence-electron chi connectivity index (χ0n) is 18.8. The fraction of sp³-hybridized carbons (Fsp3) is 0.360. The number of fused-ring (bicyclic) bond motifs is 1. The van der Waals surface area contributed by atoms with Gasteiger partial charge >= 0.3 is 5.97 Å². The van der Waals surface area contributed by atoms with Crippen molar-refractivity contribution in [2.24, 2.45) is 0 Å². The van der Waals surface area contributed by atoms with Crippen LogP contribution in [0.5, 0.6) is 0 Å². The Morgan fingerprint density at radius 2 is 1.75 bits per heavy atom. The molecule has 0 bridgehead atoms. The third-order valence-electron chi connectivity index (χ3n) is 5.24. The predicted octanol–water partition coefficient (Wildman–Crippen LogP) is 3.50. The summed E-state index contributed by atoms with van der Waals surface area (Å²) in [4.78, 5) is 44.1. The normalized spacial score (nSPS) is 11.8. The van der Waals surface area contributed by atoms with Gasteiger partial charge in [0.1, 0.15) is 5.69 Å². The minimum Gasteiger partial charge on any atom is -0.447 e. The Morgan fingerprint density at radius 1 is 1.06 bits per heavy atom. The van der Waals surface area contributed by atoms with E-state index in [1.807, 2.05) is 30.3 Å². The van der Waals surface area contributed by atoms with Gasteiger partial charge in [-0.05, 0) is 18.6 Å². The van der Waals surface area contributed by atoms with Crippen LogP contribution in [0.4, 0.5) is 0 Å². The molecule has 0 aliphatic heterocycles. The molecule has 7 heteroatoms. The molecule has 7 nitrogen and oxygen atoms in total. The number of unbranched alkanes of at least 4 members (excludes halogenated alkanes) is 1. The van der Waals surface area contributed by atoms with Crippen LogP contribution in [0.2, 0.25) is 0 Å². The van der Waals surface area contributed by atoms with Gasteiger partial charge in [0, 0.05) is 32.6 Å². The smallest absolute Gasteiger partial charge is 0.307 e. The van der Waals surface area contributed by atoms with E-state index in [1.54, 1.807) is 42.9 Å². The van der Waals surface area contributed by atoms with Crippen molar-refractivity contribution in [2.45, 2.75) is 45.3 Å². The molecular formula is C25H29N3O4. The number of hydrogen-bond donors (Lipinski definition) is 0. The molecule has 3 rings (SSSR count). The van der Waals surface area contributed by atoms with Gasteiger partial charge in [0.25, 0.3) is 11.5 Å². The number of amides is 1. The predicted molar refractivity (Wildman–Crippen MR) is 123 cm³/mol. The number of likely N-dealkylation sites (N-methyl/N-ethyl adjacent to an activating group) is 1. The maximum atomic E-state index is 13.0. The van der Waals surface area contributed by atoms with E-state index < -0.39 is 12.1 Å². The number of aryl methyl sites for hydroxylation is 2. The van der Waals surface area contributed by atoms with Crippen LogP contribution in [0, 0.1) is 0 Å². The lowest BCUT2D eigenvalue weighted by Crippen LogP contribution is -2.31. The first-order chi connectivity index (χ1) is 15.4. The van der Waals surface area contributed by atoms with E-state index in [1.165, 1.54) is 4.90 Å². The molecule has 0 saturated heterocycles. The first-order valence-electron chi connectivity index (χ1n) is 10.9. The molecule has 0 aliphatic rings. The van der Waals surface area contributed by atoms with Crippen molar-refractivity contribution < 1.29 is 14.3 Å². The fourth-order valence-corrected chi connectivity index (χ4v) is 3.48. The Bertz CT molecular complexity index is 1140. The number of esters is 1. The van der Waals surface area contributed by atoms with Gasteiger partial charge in [-0.1, -0.05) is 55.8 Å². The van der Waals surface area contributed by atoms with Crippen LogP contribution in [0.3, 0.4) is 0 Å². The van der Waals surface area contributed by atoms with Gasteiger partial charge < -0.3 is 14.2 Å². The molecule has 32 heavy (non-hydrogen) atoms. The van der Waals surface area contributed by atoms with Gasteiger partial charge in [-0.15, -0.1) is 0 Å². The van der Waals surface area contributed by atoms with Gasteiger partial charge in [-0.25, -0.2) is 4.98 Å². The van der Waals surface area contributed by atoms with Gasteiger partial charge in [-0.2, -0.15) is 0 Å². The van der Waals surface area contributed by atoms with Crippen LogP contribution in [0.15, 0.2) is 59.4 Å². The van der Waals surface area contributed by atoms with E-state index in [2.05, 4.69) is 11.9 Å². The lowest BCUT2D eigenvalue weighted by atomic mass is 10.1. The standard InChI is InChI=1S/C25H29N3O4/c1-4-5-17-28-21-14-10-9-13-19(21)26-20(24(28)30)15-16-22(29)32-23(25(31)27(2)3)18-11-7-6-8-12-18/h6-14,23H,4-5,15-17H2,1-3H3. The number of ether oxygens (including phenoxy) is 1. The van der Waals surface area contributed by atoms with Crippen molar-refractivity contribution >= 4 is 22.9 Å². The number of benzene rings is 2. The highest BCUT2D eigenvalue weighted by molar-refractivity contribution is 5.84. The van der Waals surface area contributed by atoms with Crippen molar-refractivity contribution in [1.82, 2.24) is 14.5 Å². The molecule has 3 aromatic rings. The molecule has 1 atom stereocenters. The van der Waals surface area contributed by atoms with E-state index in [-0.39, 0.29) is 24.3 Å². The van der Waals surface area contributed by atoms with Crippen LogP contribution >= 0.6 is 0 Å². The fourth-order valence-electron chi connectivity index (χ4n) is 3.48. The van der Waals surface area contributed by atoms with Gasteiger partial charge in [-0.3, -0.25) is 14.4 Å². The minimum atomic E-state index is -1.02. The molecule has 0 N–H and O–H groups in total. The highest BCUT2D eigenvalue weighted by Crippen LogP contribution is 2.20. The molecule has 1 heterocycles. The monoisotopic (exact) mass is 435 g/mol. The lowest BCUT2D eigenvalue weighted by Gasteiger charge is -2.21. The Labute approximate surface area is 187 Å². The van der Waals surface area contributed by atoms with Crippen LogP contribution < -0.4 is 5.56 Å². The molecule has 0 aliphatic carbocycles. The van der Waals surface area contributed by atoms with Crippen LogP contribution in [0.1, 0.15) is 43.5 Å². The van der Waals surface area contributed by atoms with Crippen LogP contribution in [-0.4, -0.2) is 40.4 Å². The largest absolute Gasteiger partial charge is 0.447 e. The first kappa shape index (κ1) is 23.2. The molecule has 2 aromatic carbocycles. The molecule has 1 amide bonds. The van der Waals surface area contributed by atoms with Crippen molar-refractivity contribution in [2.75, 3.05) is 14.1 Å². The van der Waals surface area contributed by atoms with E-state index in [4.69, 9.17) is 4.74 Å². The summed E-state index contributed by atoms with van der Waals surface area (Å²) < 4.78 is 7.27. The lowest BCUT2D eigenvalue weighted by molar-refractivity contribution is -0.159. The molecular weight excluding hydrogens is 406 g/mol. The number of carbonyl (C=O) groups is 2. The second-order valence-electron chi connectivity index (χ2n) is 7.87. The number of carbonyl (C=O) groups excluding carboxylic acids is 2. The summed E-state index contributed by atoms with van der Waals surface area (Å²) in [6, 6.07) is 16.4. The van der Waals surface area contributed by atoms with E-state index in [0.29, 0.717) is 17.8 Å². The highest BCUT2D eigenvalue weighted by atomic mass is 16.5. The minimum absolute atomic E-state index is 0.0433. The van der Waals surface area contributed by atoms with Crippen molar-refractivity contribution in [3.05, 3.63) is 76.2 Å². The summed E-state index contributed by atoms with van der Waals surface area (Å²) in [5.41, 5.74) is 2.25. The van der Waals surface area contributed by atoms with Crippen LogP contribution in [-0.2, 0) is 27.3 Å². The molecule has 0 fully saturated rings. The average Bonchev–Trinajstić information content (AvgIpc) is 2.80. The number of aromatic nitrogens is 2. The maximum Gasteiger partial charge on any atom is 0.307 e. The van der Waals surface area contributed by atoms with Gasteiger partial charge in [0.2, 0.25) is 6.10 Å². The molecule has 1 unspecified atom stereocenters. The Hall–Kier alpha value is -3.48. The summed E-state index contributed by atoms with van der Waals surface area (Å²) in [5.74, 6) is -0.876. The van der Waals surface area contributed by atoms with E-state index in [0.717, 1.165) is 23.9 Å². The zero-order valence-corrected chi connectivity index (χ0v) is 18.8. The summed E-state index contributed by atoms with van der Waals surface area (Å²) in [6.45, 7) is 2.67. The Kier molecular flexibility index (Phi) is 7.76. The SMILES string of the molecule is CCCCn1c(=O)c(CCC(=O)OC(C(=O)N(C)C)c2ccccc2)nc2ccccc21. The van der Waals surface area contributed by atoms with Crippen molar-refractivity contribution in [1.29, 1.82) is 0 Å². The number of para-hydroxylation sites is 2. The summed E-state index contributed by atoms with van der Waals surface area (Å²) in [7, 11) is 3.23. The van der Waals surface area contributed by atoms with E-state index in [9.17, 15) is 14.4 Å². The van der Waals surface area contributed by atoms with Gasteiger partial charge in [0.15, 0.2) is 0 Å². The molecule has 0 saturated carbocycles. The summed E-state index contributed by atoms with van der Waals surface area (Å²) >= 11 is 0. The first-order valence-corrected chi connectivity index (χ1v) is 10.9. The maximum absolute atomic E-state index is 13.0. The molecule has 0 radical (unpaired) electrons. The summed E-state index contributed by atoms with van der Waals surface area (Å²) in [5, 5.41) is 0. The third-order valence-corrected chi connectivity index (χ3v) is 5.24. The quantitative estimate of drug-likeness (QED) is 0.481. The number of nitrogens with zero attached hydrogens (tertiary/aromatic N) is 3. The second kappa shape index (κ2) is 10.7. The summed E-state index contributed by atoms with van der Waals surface area (Å²) in [6.07, 6.45) is 0.918. The second-order valence-corrected chi connectivity index (χ2v) is 7.87. The molecule has 168 valence electrons.